The number of ether oxygens (including phenoxy) is 2. The summed E-state index contributed by atoms with van der Waals surface area (Å²) in [5, 5.41) is 5.66. The molecule has 0 saturated heterocycles. The van der Waals surface area contributed by atoms with Crippen LogP contribution in [0.1, 0.15) is 40.2 Å². The minimum atomic E-state index is -0.591. The Hall–Kier alpha value is -2.15. The maximum absolute atomic E-state index is 12.1. The molecule has 0 aliphatic carbocycles. The van der Waals surface area contributed by atoms with Crippen LogP contribution < -0.4 is 15.4 Å². The van der Waals surface area contributed by atoms with Gasteiger partial charge in [0.1, 0.15) is 22.4 Å². The molecule has 0 saturated carbocycles. The van der Waals surface area contributed by atoms with Crippen molar-refractivity contribution in [3.8, 4) is 5.75 Å². The number of benzene rings is 1. The highest BCUT2D eigenvalue weighted by molar-refractivity contribution is 7.80. The molecule has 1 aromatic rings. The second-order valence-electron chi connectivity index (χ2n) is 6.95. The maximum atomic E-state index is 12.1. The Morgan fingerprint density at radius 1 is 1.38 bits per heavy atom. The number of fused-ring (bicyclic) bond motifs is 1. The first-order valence-corrected chi connectivity index (χ1v) is 8.14. The molecule has 7 heteroatoms. The van der Waals surface area contributed by atoms with Crippen molar-refractivity contribution in [1.29, 1.82) is 0 Å². The van der Waals surface area contributed by atoms with Crippen molar-refractivity contribution in [1.82, 2.24) is 5.32 Å². The maximum Gasteiger partial charge on any atom is 0.412 e. The topological polar surface area (TPSA) is 76.7 Å². The fourth-order valence-electron chi connectivity index (χ4n) is 2.18. The van der Waals surface area contributed by atoms with Crippen LogP contribution in [0, 0.1) is 5.92 Å². The van der Waals surface area contributed by atoms with Crippen molar-refractivity contribution >= 4 is 35.0 Å². The van der Waals surface area contributed by atoms with Gasteiger partial charge in [-0.3, -0.25) is 5.32 Å². The molecule has 1 atom stereocenters. The summed E-state index contributed by atoms with van der Waals surface area (Å²) in [4.78, 5) is 24.4. The van der Waals surface area contributed by atoms with Gasteiger partial charge in [-0.05, 0) is 44.9 Å². The summed E-state index contributed by atoms with van der Waals surface area (Å²) in [5.74, 6) is 0.0264. The fourth-order valence-corrected chi connectivity index (χ4v) is 2.47. The highest BCUT2D eigenvalue weighted by Gasteiger charge is 2.30. The van der Waals surface area contributed by atoms with Crippen molar-refractivity contribution < 1.29 is 19.1 Å². The fraction of sp³-hybridized carbons (Fsp3) is 0.471. The third kappa shape index (κ3) is 4.44. The van der Waals surface area contributed by atoms with Crippen LogP contribution in [0.2, 0.25) is 0 Å². The van der Waals surface area contributed by atoms with Gasteiger partial charge in [-0.2, -0.15) is 0 Å². The summed E-state index contributed by atoms with van der Waals surface area (Å²) >= 11 is 5.37. The summed E-state index contributed by atoms with van der Waals surface area (Å²) < 4.78 is 10.6. The van der Waals surface area contributed by atoms with E-state index in [9.17, 15) is 9.59 Å². The highest BCUT2D eigenvalue weighted by atomic mass is 32.1. The second kappa shape index (κ2) is 6.76. The summed E-state index contributed by atoms with van der Waals surface area (Å²) in [6.07, 6.45) is -0.563. The van der Waals surface area contributed by atoms with E-state index in [0.717, 1.165) is 0 Å². The van der Waals surface area contributed by atoms with Gasteiger partial charge in [0.05, 0.1) is 5.56 Å². The molecule has 1 aromatic carbocycles. The monoisotopic (exact) mass is 350 g/mol. The molecule has 6 nitrogen and oxygen atoms in total. The molecule has 1 amide bonds. The van der Waals surface area contributed by atoms with Crippen molar-refractivity contribution in [2.24, 2.45) is 5.92 Å². The number of amides is 1. The van der Waals surface area contributed by atoms with E-state index in [1.54, 1.807) is 39.0 Å². The van der Waals surface area contributed by atoms with E-state index in [1.165, 1.54) is 0 Å². The lowest BCUT2D eigenvalue weighted by Gasteiger charge is -2.20. The molecule has 0 bridgehead atoms. The van der Waals surface area contributed by atoms with E-state index < -0.39 is 17.7 Å². The van der Waals surface area contributed by atoms with Crippen LogP contribution in [-0.2, 0) is 9.53 Å². The van der Waals surface area contributed by atoms with E-state index >= 15 is 0 Å². The van der Waals surface area contributed by atoms with E-state index in [4.69, 9.17) is 21.7 Å². The summed E-state index contributed by atoms with van der Waals surface area (Å²) in [7, 11) is 0. The first-order valence-electron chi connectivity index (χ1n) is 7.73. The van der Waals surface area contributed by atoms with Gasteiger partial charge in [0, 0.05) is 5.69 Å². The molecular formula is C17H22N2O4S. The third-order valence-corrected chi connectivity index (χ3v) is 3.62. The van der Waals surface area contributed by atoms with Crippen molar-refractivity contribution in [2.45, 2.75) is 46.3 Å². The molecule has 24 heavy (non-hydrogen) atoms. The number of anilines is 1. The van der Waals surface area contributed by atoms with Gasteiger partial charge in [0.25, 0.3) is 0 Å². The third-order valence-electron chi connectivity index (χ3n) is 3.29. The minimum absolute atomic E-state index is 0.0316. The standard InChI is InChI=1S/C17H22N2O4S/c1-9(2)13-15(20)22-12-7-6-10(8-11(12)14(24)19-13)18-16(21)23-17(3,4)5/h6-9,13H,1-5H3,(H,18,21)(H,19,24)/t13-/m0/s1. The number of esters is 1. The molecule has 0 radical (unpaired) electrons. The van der Waals surface area contributed by atoms with Gasteiger partial charge >= 0.3 is 12.1 Å². The Morgan fingerprint density at radius 3 is 2.62 bits per heavy atom. The van der Waals surface area contributed by atoms with Crippen LogP contribution in [0.3, 0.4) is 0 Å². The van der Waals surface area contributed by atoms with Gasteiger partial charge in [-0.25, -0.2) is 9.59 Å². The molecule has 1 aliphatic rings. The zero-order valence-electron chi connectivity index (χ0n) is 14.4. The lowest BCUT2D eigenvalue weighted by molar-refractivity contribution is -0.137. The molecule has 2 N–H and O–H groups in total. The minimum Gasteiger partial charge on any atom is -0.444 e. The summed E-state index contributed by atoms with van der Waals surface area (Å²) in [6.45, 7) is 9.18. The van der Waals surface area contributed by atoms with Crippen molar-refractivity contribution in [2.75, 3.05) is 5.32 Å². The smallest absolute Gasteiger partial charge is 0.412 e. The van der Waals surface area contributed by atoms with Gasteiger partial charge in [0.15, 0.2) is 0 Å². The average molecular weight is 350 g/mol. The predicted molar refractivity (Wildman–Crippen MR) is 95.4 cm³/mol. The Labute approximate surface area is 146 Å². The largest absolute Gasteiger partial charge is 0.444 e. The highest BCUT2D eigenvalue weighted by Crippen LogP contribution is 2.27. The number of carbonyl (C=O) groups excluding carboxylic acids is 2. The van der Waals surface area contributed by atoms with Crippen LogP contribution in [0.15, 0.2) is 18.2 Å². The zero-order valence-corrected chi connectivity index (χ0v) is 15.2. The first kappa shape index (κ1) is 18.2. The van der Waals surface area contributed by atoms with Gasteiger partial charge in [-0.1, -0.05) is 26.1 Å². The van der Waals surface area contributed by atoms with E-state index in [2.05, 4.69) is 10.6 Å². The second-order valence-corrected chi connectivity index (χ2v) is 7.36. The van der Waals surface area contributed by atoms with Crippen LogP contribution >= 0.6 is 12.2 Å². The van der Waals surface area contributed by atoms with Crippen LogP contribution in [-0.4, -0.2) is 28.7 Å². The first-order chi connectivity index (χ1) is 11.1. The van der Waals surface area contributed by atoms with E-state index in [-0.39, 0.29) is 11.9 Å². The van der Waals surface area contributed by atoms with Crippen LogP contribution in [0.4, 0.5) is 10.5 Å². The quantitative estimate of drug-likeness (QED) is 0.484. The molecule has 1 aliphatic heterocycles. The predicted octanol–water partition coefficient (Wildman–Crippen LogP) is 3.24. The number of hydrogen-bond donors (Lipinski definition) is 2. The summed E-state index contributed by atoms with van der Waals surface area (Å²) in [5.41, 5.74) is 0.466. The van der Waals surface area contributed by atoms with E-state index in [0.29, 0.717) is 22.0 Å². The molecule has 0 fully saturated rings. The molecule has 0 aromatic heterocycles. The molecule has 130 valence electrons. The van der Waals surface area contributed by atoms with Crippen molar-refractivity contribution in [3.63, 3.8) is 0 Å². The van der Waals surface area contributed by atoms with Gasteiger partial charge in [0.2, 0.25) is 0 Å². The van der Waals surface area contributed by atoms with Crippen LogP contribution in [0.25, 0.3) is 0 Å². The molecule has 2 rings (SSSR count). The summed E-state index contributed by atoms with van der Waals surface area (Å²) in [6, 6.07) is 4.39. The lowest BCUT2D eigenvalue weighted by atomic mass is 10.0. The molecule has 0 unspecified atom stereocenters. The average Bonchev–Trinajstić information content (AvgIpc) is 2.54. The molecular weight excluding hydrogens is 328 g/mol. The molecule has 0 spiro atoms. The Bertz CT molecular complexity index is 680. The number of hydrogen-bond acceptors (Lipinski definition) is 5. The van der Waals surface area contributed by atoms with Gasteiger partial charge < -0.3 is 14.8 Å². The van der Waals surface area contributed by atoms with Crippen LogP contribution in [0.5, 0.6) is 5.75 Å². The number of nitrogens with one attached hydrogen (secondary N) is 2. The normalized spacial score (nSPS) is 17.5. The Kier molecular flexibility index (Phi) is 5.13. The lowest BCUT2D eigenvalue weighted by Crippen LogP contribution is -2.43. The Morgan fingerprint density at radius 2 is 2.04 bits per heavy atom. The van der Waals surface area contributed by atoms with Crippen molar-refractivity contribution in [3.05, 3.63) is 23.8 Å². The van der Waals surface area contributed by atoms with Gasteiger partial charge in [-0.15, -0.1) is 0 Å². The zero-order chi connectivity index (χ0) is 18.1. The number of rotatable bonds is 2. The number of carbonyl (C=O) groups is 2. The SMILES string of the molecule is CC(C)[C@@H]1NC(=S)c2cc(NC(=O)OC(C)(C)C)ccc2OC1=O. The molecule has 1 heterocycles. The number of thiocarbonyl (C=S) groups is 1. The Balaban J connectivity index is 2.23. The van der Waals surface area contributed by atoms with E-state index in [1.807, 2.05) is 13.8 Å².